The third-order valence-electron chi connectivity index (χ3n) is 5.01. The molecule has 3 aromatic rings. The van der Waals surface area contributed by atoms with Gasteiger partial charge in [0, 0.05) is 42.4 Å². The number of hydrogen-bond acceptors (Lipinski definition) is 4. The first kappa shape index (κ1) is 19.0. The number of morpholine rings is 1. The Morgan fingerprint density at radius 1 is 1.03 bits per heavy atom. The third-order valence-corrected chi connectivity index (χ3v) is 5.01. The molecular formula is C23H24N4O2. The molecule has 1 aliphatic heterocycles. The lowest BCUT2D eigenvalue weighted by Gasteiger charge is -2.29. The van der Waals surface area contributed by atoms with Gasteiger partial charge in [0.2, 0.25) is 0 Å². The maximum Gasteiger partial charge on any atom is 0.271 e. The second-order valence-corrected chi connectivity index (χ2v) is 6.98. The van der Waals surface area contributed by atoms with Crippen molar-refractivity contribution in [2.45, 2.75) is 6.92 Å². The van der Waals surface area contributed by atoms with E-state index >= 15 is 0 Å². The number of aryl methyl sites for hydroxylation is 1. The number of benzene rings is 2. The Balaban J connectivity index is 1.41. The van der Waals surface area contributed by atoms with Crippen LogP contribution in [0.1, 0.15) is 21.5 Å². The SMILES string of the molecule is Cc1cc(N2CCOCC2)ccc1/C=N/NC(=O)c1cccc(-n2cccc2)c1. The van der Waals surface area contributed by atoms with Gasteiger partial charge in [-0.15, -0.1) is 0 Å². The fourth-order valence-corrected chi connectivity index (χ4v) is 3.36. The van der Waals surface area contributed by atoms with Gasteiger partial charge in [-0.2, -0.15) is 5.10 Å². The lowest BCUT2D eigenvalue weighted by Crippen LogP contribution is -2.36. The summed E-state index contributed by atoms with van der Waals surface area (Å²) >= 11 is 0. The molecule has 0 bridgehead atoms. The molecule has 1 N–H and O–H groups in total. The molecule has 1 fully saturated rings. The minimum atomic E-state index is -0.238. The van der Waals surface area contributed by atoms with Crippen LogP contribution in [-0.4, -0.2) is 43.0 Å². The van der Waals surface area contributed by atoms with Crippen molar-refractivity contribution in [3.63, 3.8) is 0 Å². The van der Waals surface area contributed by atoms with Gasteiger partial charge in [-0.3, -0.25) is 4.79 Å². The summed E-state index contributed by atoms with van der Waals surface area (Å²) in [7, 11) is 0. The van der Waals surface area contributed by atoms with Gasteiger partial charge in [-0.25, -0.2) is 5.43 Å². The van der Waals surface area contributed by atoms with Crippen molar-refractivity contribution >= 4 is 17.8 Å². The van der Waals surface area contributed by atoms with Crippen LogP contribution in [0.25, 0.3) is 5.69 Å². The third kappa shape index (κ3) is 4.55. The molecule has 148 valence electrons. The molecule has 0 unspecified atom stereocenters. The van der Waals surface area contributed by atoms with E-state index in [0.717, 1.165) is 43.1 Å². The zero-order valence-electron chi connectivity index (χ0n) is 16.4. The van der Waals surface area contributed by atoms with Gasteiger partial charge in [0.05, 0.1) is 19.4 Å². The molecule has 1 aliphatic rings. The molecule has 1 saturated heterocycles. The number of nitrogens with one attached hydrogen (secondary N) is 1. The van der Waals surface area contributed by atoms with Crippen molar-refractivity contribution in [1.29, 1.82) is 0 Å². The summed E-state index contributed by atoms with van der Waals surface area (Å²) in [5, 5.41) is 4.15. The summed E-state index contributed by atoms with van der Waals surface area (Å²) in [4.78, 5) is 14.8. The number of rotatable bonds is 5. The fourth-order valence-electron chi connectivity index (χ4n) is 3.36. The van der Waals surface area contributed by atoms with Crippen molar-refractivity contribution in [2.75, 3.05) is 31.2 Å². The number of anilines is 1. The molecule has 29 heavy (non-hydrogen) atoms. The van der Waals surface area contributed by atoms with Gasteiger partial charge in [-0.05, 0) is 60.5 Å². The molecule has 1 amide bonds. The lowest BCUT2D eigenvalue weighted by molar-refractivity contribution is 0.0955. The number of hydrazone groups is 1. The number of carbonyl (C=O) groups is 1. The molecular weight excluding hydrogens is 364 g/mol. The van der Waals surface area contributed by atoms with Crippen molar-refractivity contribution in [3.05, 3.63) is 83.7 Å². The normalized spacial score (nSPS) is 14.3. The lowest BCUT2D eigenvalue weighted by atomic mass is 10.1. The van der Waals surface area contributed by atoms with E-state index in [1.807, 2.05) is 60.3 Å². The monoisotopic (exact) mass is 388 g/mol. The number of hydrogen-bond donors (Lipinski definition) is 1. The highest BCUT2D eigenvalue weighted by Gasteiger charge is 2.12. The Morgan fingerprint density at radius 3 is 2.59 bits per heavy atom. The molecule has 0 atom stereocenters. The summed E-state index contributed by atoms with van der Waals surface area (Å²) in [6.45, 7) is 5.39. The minimum Gasteiger partial charge on any atom is -0.378 e. The van der Waals surface area contributed by atoms with Crippen molar-refractivity contribution in [2.24, 2.45) is 5.10 Å². The second kappa shape index (κ2) is 8.75. The second-order valence-electron chi connectivity index (χ2n) is 6.98. The molecule has 6 nitrogen and oxygen atoms in total. The summed E-state index contributed by atoms with van der Waals surface area (Å²) in [5.41, 5.74) is 7.39. The van der Waals surface area contributed by atoms with Crippen LogP contribution in [-0.2, 0) is 4.74 Å². The minimum absolute atomic E-state index is 0.238. The first-order valence-electron chi connectivity index (χ1n) is 9.71. The van der Waals surface area contributed by atoms with Crippen LogP contribution < -0.4 is 10.3 Å². The van der Waals surface area contributed by atoms with E-state index < -0.39 is 0 Å². The predicted octanol–water partition coefficient (Wildman–Crippen LogP) is 3.39. The van der Waals surface area contributed by atoms with E-state index in [9.17, 15) is 4.79 Å². The smallest absolute Gasteiger partial charge is 0.271 e. The molecule has 1 aromatic heterocycles. The van der Waals surface area contributed by atoms with Crippen LogP contribution in [0.2, 0.25) is 0 Å². The van der Waals surface area contributed by atoms with E-state index in [-0.39, 0.29) is 5.91 Å². The first-order chi connectivity index (χ1) is 14.2. The number of ether oxygens (including phenoxy) is 1. The highest BCUT2D eigenvalue weighted by atomic mass is 16.5. The Morgan fingerprint density at radius 2 is 1.83 bits per heavy atom. The van der Waals surface area contributed by atoms with E-state index in [2.05, 4.69) is 27.6 Å². The van der Waals surface area contributed by atoms with Gasteiger partial charge in [-0.1, -0.05) is 12.1 Å². The van der Waals surface area contributed by atoms with Crippen LogP contribution in [0, 0.1) is 6.92 Å². The fraction of sp³-hybridized carbons (Fsp3) is 0.217. The van der Waals surface area contributed by atoms with Crippen LogP contribution in [0.4, 0.5) is 5.69 Å². The van der Waals surface area contributed by atoms with Crippen molar-refractivity contribution < 1.29 is 9.53 Å². The summed E-state index contributed by atoms with van der Waals surface area (Å²) in [6, 6.07) is 17.6. The molecule has 2 heterocycles. The van der Waals surface area contributed by atoms with E-state index in [4.69, 9.17) is 4.74 Å². The van der Waals surface area contributed by atoms with Crippen LogP contribution in [0.15, 0.2) is 72.1 Å². The molecule has 0 spiro atoms. The van der Waals surface area contributed by atoms with Crippen LogP contribution >= 0.6 is 0 Å². The molecule has 4 rings (SSSR count). The van der Waals surface area contributed by atoms with E-state index in [1.54, 1.807) is 12.3 Å². The Kier molecular flexibility index (Phi) is 5.72. The van der Waals surface area contributed by atoms with Crippen LogP contribution in [0.3, 0.4) is 0 Å². The predicted molar refractivity (Wildman–Crippen MR) is 115 cm³/mol. The highest BCUT2D eigenvalue weighted by Crippen LogP contribution is 2.19. The zero-order valence-corrected chi connectivity index (χ0v) is 16.4. The average Bonchev–Trinajstić information content (AvgIpc) is 3.30. The molecule has 0 saturated carbocycles. The standard InChI is InChI=1S/C23H24N4O2/c1-18-15-22(27-11-13-29-14-12-27)8-7-20(18)17-24-25-23(28)19-5-4-6-21(16-19)26-9-2-3-10-26/h2-10,15-17H,11-14H2,1H3,(H,25,28)/b24-17+. The van der Waals surface area contributed by atoms with E-state index in [0.29, 0.717) is 5.56 Å². The maximum absolute atomic E-state index is 12.4. The van der Waals surface area contributed by atoms with Gasteiger partial charge in [0.25, 0.3) is 5.91 Å². The average molecular weight is 388 g/mol. The largest absolute Gasteiger partial charge is 0.378 e. The van der Waals surface area contributed by atoms with Gasteiger partial charge >= 0.3 is 0 Å². The first-order valence-corrected chi connectivity index (χ1v) is 9.71. The summed E-state index contributed by atoms with van der Waals surface area (Å²) < 4.78 is 7.37. The van der Waals surface area contributed by atoms with Gasteiger partial charge < -0.3 is 14.2 Å². The number of carbonyl (C=O) groups excluding carboxylic acids is 1. The number of nitrogens with zero attached hydrogens (tertiary/aromatic N) is 3. The number of amides is 1. The maximum atomic E-state index is 12.4. The van der Waals surface area contributed by atoms with Gasteiger partial charge in [0.1, 0.15) is 0 Å². The van der Waals surface area contributed by atoms with Crippen molar-refractivity contribution in [1.82, 2.24) is 9.99 Å². The molecule has 2 aromatic carbocycles. The topological polar surface area (TPSA) is 58.9 Å². The van der Waals surface area contributed by atoms with Crippen molar-refractivity contribution in [3.8, 4) is 5.69 Å². The van der Waals surface area contributed by atoms with Gasteiger partial charge in [0.15, 0.2) is 0 Å². The highest BCUT2D eigenvalue weighted by molar-refractivity contribution is 5.95. The Bertz CT molecular complexity index is 1010. The number of aromatic nitrogens is 1. The molecule has 6 heteroatoms. The summed E-state index contributed by atoms with van der Waals surface area (Å²) in [6.07, 6.45) is 5.57. The summed E-state index contributed by atoms with van der Waals surface area (Å²) in [5.74, 6) is -0.238. The van der Waals surface area contributed by atoms with E-state index in [1.165, 1.54) is 5.69 Å². The quantitative estimate of drug-likeness (QED) is 0.538. The Hall–Kier alpha value is -3.38. The molecule has 0 radical (unpaired) electrons. The molecule has 0 aliphatic carbocycles. The Labute approximate surface area is 170 Å². The van der Waals surface area contributed by atoms with Crippen LogP contribution in [0.5, 0.6) is 0 Å². The zero-order chi connectivity index (χ0) is 20.1.